The summed E-state index contributed by atoms with van der Waals surface area (Å²) in [6.07, 6.45) is 6.14. The predicted molar refractivity (Wildman–Crippen MR) is 93.0 cm³/mol. The molecule has 5 nitrogen and oxygen atoms in total. The summed E-state index contributed by atoms with van der Waals surface area (Å²) < 4.78 is 5.72. The molecule has 0 fully saturated rings. The van der Waals surface area contributed by atoms with Crippen molar-refractivity contribution in [2.75, 3.05) is 13.2 Å². The van der Waals surface area contributed by atoms with Gasteiger partial charge >= 0.3 is 0 Å². The van der Waals surface area contributed by atoms with Gasteiger partial charge < -0.3 is 15.0 Å². The average molecular weight is 327 g/mol. The Morgan fingerprint density at radius 3 is 3.21 bits per heavy atom. The summed E-state index contributed by atoms with van der Waals surface area (Å²) in [5.41, 5.74) is 3.44. The summed E-state index contributed by atoms with van der Waals surface area (Å²) >= 11 is 0. The minimum atomic E-state index is 0.0708. The third-order valence-corrected chi connectivity index (χ3v) is 4.49. The molecule has 0 spiro atoms. The van der Waals surface area contributed by atoms with Crippen molar-refractivity contribution in [3.63, 3.8) is 0 Å². The summed E-state index contributed by atoms with van der Waals surface area (Å²) in [4.78, 5) is 19.7. The van der Waals surface area contributed by atoms with E-state index in [9.17, 15) is 4.79 Å². The van der Waals surface area contributed by atoms with Crippen molar-refractivity contribution in [3.8, 4) is 5.75 Å². The number of rotatable bonds is 7. The molecule has 24 heavy (non-hydrogen) atoms. The van der Waals surface area contributed by atoms with Gasteiger partial charge in [-0.3, -0.25) is 4.79 Å². The first-order chi connectivity index (χ1) is 11.7. The molecule has 1 aliphatic rings. The second-order valence-corrected chi connectivity index (χ2v) is 6.43. The minimum Gasteiger partial charge on any atom is -0.494 e. The summed E-state index contributed by atoms with van der Waals surface area (Å²) in [6.45, 7) is 3.45. The van der Waals surface area contributed by atoms with Crippen LogP contribution in [0.25, 0.3) is 0 Å². The summed E-state index contributed by atoms with van der Waals surface area (Å²) in [5.74, 6) is 1.15. The fraction of sp³-hybridized carbons (Fsp3) is 0.474. The number of ether oxygens (including phenoxy) is 1. The van der Waals surface area contributed by atoms with Gasteiger partial charge in [0.15, 0.2) is 0 Å². The molecule has 0 saturated carbocycles. The highest BCUT2D eigenvalue weighted by Gasteiger charge is 2.25. The van der Waals surface area contributed by atoms with Gasteiger partial charge in [-0.25, -0.2) is 4.98 Å². The van der Waals surface area contributed by atoms with Crippen molar-refractivity contribution >= 4 is 5.91 Å². The maximum Gasteiger partial charge on any atom is 0.223 e. The molecule has 0 bridgehead atoms. The number of benzene rings is 1. The van der Waals surface area contributed by atoms with Gasteiger partial charge in [0.05, 0.1) is 18.6 Å². The number of carbonyl (C=O) groups excluding carboxylic acids is 1. The van der Waals surface area contributed by atoms with E-state index in [1.165, 1.54) is 5.56 Å². The van der Waals surface area contributed by atoms with Crippen molar-refractivity contribution in [2.45, 2.75) is 39.0 Å². The van der Waals surface area contributed by atoms with E-state index in [4.69, 9.17) is 4.74 Å². The molecule has 1 atom stereocenters. The van der Waals surface area contributed by atoms with E-state index in [2.05, 4.69) is 28.3 Å². The molecule has 1 aliphatic carbocycles. The van der Waals surface area contributed by atoms with Crippen LogP contribution >= 0.6 is 0 Å². The number of fused-ring (bicyclic) bond motifs is 1. The predicted octanol–water partition coefficient (Wildman–Crippen LogP) is 2.80. The molecule has 5 heteroatoms. The molecule has 0 saturated heterocycles. The van der Waals surface area contributed by atoms with Crippen molar-refractivity contribution < 1.29 is 9.53 Å². The van der Waals surface area contributed by atoms with Crippen LogP contribution in [0.2, 0.25) is 0 Å². The lowest BCUT2D eigenvalue weighted by Crippen LogP contribution is -2.34. The topological polar surface area (TPSA) is 67.0 Å². The highest BCUT2D eigenvalue weighted by molar-refractivity contribution is 5.79. The standard InChI is InChI=1S/C19H25N3O2/c1-14-5-4-6-16(11-14)24-10-3-2-9-20-19(23)15-7-8-17-18(12-15)22-13-21-17/h4-6,11,13,15H,2-3,7-10,12H2,1H3,(H,20,23)(H,21,22). The Morgan fingerprint density at radius 2 is 2.33 bits per heavy atom. The summed E-state index contributed by atoms with van der Waals surface area (Å²) in [5, 5.41) is 3.05. The van der Waals surface area contributed by atoms with Crippen molar-refractivity contribution in [2.24, 2.45) is 5.92 Å². The van der Waals surface area contributed by atoms with Crippen molar-refractivity contribution in [1.82, 2.24) is 15.3 Å². The van der Waals surface area contributed by atoms with Crippen LogP contribution in [0, 0.1) is 12.8 Å². The first kappa shape index (κ1) is 16.6. The molecule has 1 heterocycles. The third kappa shape index (κ3) is 4.37. The Bertz CT molecular complexity index is 681. The van der Waals surface area contributed by atoms with E-state index in [1.54, 1.807) is 6.33 Å². The van der Waals surface area contributed by atoms with E-state index < -0.39 is 0 Å². The molecule has 3 rings (SSSR count). The highest BCUT2D eigenvalue weighted by atomic mass is 16.5. The minimum absolute atomic E-state index is 0.0708. The SMILES string of the molecule is Cc1cccc(OCCCCNC(=O)C2CCc3nc[nH]c3C2)c1. The normalized spacial score (nSPS) is 16.5. The fourth-order valence-corrected chi connectivity index (χ4v) is 3.10. The van der Waals surface area contributed by atoms with Crippen LogP contribution < -0.4 is 10.1 Å². The molecule has 2 aromatic rings. The van der Waals surface area contributed by atoms with Gasteiger partial charge in [0.1, 0.15) is 5.75 Å². The number of aromatic amines is 1. The lowest BCUT2D eigenvalue weighted by molar-refractivity contribution is -0.125. The summed E-state index contributed by atoms with van der Waals surface area (Å²) in [7, 11) is 0. The second kappa shape index (κ2) is 7.99. The lowest BCUT2D eigenvalue weighted by atomic mass is 9.89. The van der Waals surface area contributed by atoms with Gasteiger partial charge in [0, 0.05) is 24.6 Å². The zero-order valence-electron chi connectivity index (χ0n) is 14.2. The summed E-state index contributed by atoms with van der Waals surface area (Å²) in [6, 6.07) is 8.07. The third-order valence-electron chi connectivity index (χ3n) is 4.49. The van der Waals surface area contributed by atoms with Gasteiger partial charge in [-0.2, -0.15) is 0 Å². The Hall–Kier alpha value is -2.30. The van der Waals surface area contributed by atoms with E-state index in [0.29, 0.717) is 13.2 Å². The number of nitrogens with zero attached hydrogens (tertiary/aromatic N) is 1. The average Bonchev–Trinajstić information content (AvgIpc) is 3.05. The second-order valence-electron chi connectivity index (χ2n) is 6.43. The molecule has 2 N–H and O–H groups in total. The number of H-pyrrole nitrogens is 1. The maximum atomic E-state index is 12.2. The van der Waals surface area contributed by atoms with Crippen LogP contribution in [-0.2, 0) is 17.6 Å². The zero-order valence-corrected chi connectivity index (χ0v) is 14.2. The Kier molecular flexibility index (Phi) is 5.51. The zero-order chi connectivity index (χ0) is 16.8. The number of nitrogens with one attached hydrogen (secondary N) is 2. The first-order valence-corrected chi connectivity index (χ1v) is 8.70. The number of carbonyl (C=O) groups is 1. The largest absolute Gasteiger partial charge is 0.494 e. The van der Waals surface area contributed by atoms with Crippen LogP contribution in [0.3, 0.4) is 0 Å². The van der Waals surface area contributed by atoms with Gasteiger partial charge in [0.2, 0.25) is 5.91 Å². The van der Waals surface area contributed by atoms with E-state index in [1.807, 2.05) is 18.2 Å². The number of amides is 1. The highest BCUT2D eigenvalue weighted by Crippen LogP contribution is 2.22. The first-order valence-electron chi connectivity index (χ1n) is 8.70. The van der Waals surface area contributed by atoms with E-state index in [-0.39, 0.29) is 11.8 Å². The quantitative estimate of drug-likeness (QED) is 0.769. The number of aromatic nitrogens is 2. The van der Waals surface area contributed by atoms with Gasteiger partial charge in [-0.05, 0) is 50.3 Å². The van der Waals surface area contributed by atoms with Crippen LogP contribution in [0.5, 0.6) is 5.75 Å². The van der Waals surface area contributed by atoms with Crippen LogP contribution in [0.1, 0.15) is 36.2 Å². The van der Waals surface area contributed by atoms with Crippen molar-refractivity contribution in [3.05, 3.63) is 47.5 Å². The van der Waals surface area contributed by atoms with Crippen LogP contribution in [-0.4, -0.2) is 29.0 Å². The lowest BCUT2D eigenvalue weighted by Gasteiger charge is -2.20. The van der Waals surface area contributed by atoms with Crippen LogP contribution in [0.15, 0.2) is 30.6 Å². The van der Waals surface area contributed by atoms with Gasteiger partial charge in [0.25, 0.3) is 0 Å². The molecule has 0 radical (unpaired) electrons. The number of aryl methyl sites for hydroxylation is 2. The Labute approximate surface area is 142 Å². The smallest absolute Gasteiger partial charge is 0.223 e. The van der Waals surface area contributed by atoms with Crippen molar-refractivity contribution in [1.29, 1.82) is 0 Å². The number of imidazole rings is 1. The molecule has 1 aromatic heterocycles. The Morgan fingerprint density at radius 1 is 1.42 bits per heavy atom. The maximum absolute atomic E-state index is 12.2. The molecule has 1 unspecified atom stereocenters. The molecular weight excluding hydrogens is 302 g/mol. The molecule has 0 aliphatic heterocycles. The number of unbranched alkanes of at least 4 members (excludes halogenated alkanes) is 1. The van der Waals surface area contributed by atoms with E-state index >= 15 is 0 Å². The monoisotopic (exact) mass is 327 g/mol. The molecular formula is C19H25N3O2. The van der Waals surface area contributed by atoms with E-state index in [0.717, 1.165) is 49.2 Å². The molecule has 1 amide bonds. The van der Waals surface area contributed by atoms with Gasteiger partial charge in [-0.1, -0.05) is 12.1 Å². The van der Waals surface area contributed by atoms with Gasteiger partial charge in [-0.15, -0.1) is 0 Å². The fourth-order valence-electron chi connectivity index (χ4n) is 3.10. The molecule has 1 aromatic carbocycles. The molecule has 128 valence electrons. The number of hydrogen-bond acceptors (Lipinski definition) is 3. The van der Waals surface area contributed by atoms with Crippen LogP contribution in [0.4, 0.5) is 0 Å². The number of hydrogen-bond donors (Lipinski definition) is 2. The Balaban J connectivity index is 1.30.